The number of aromatic nitrogens is 1. The van der Waals surface area contributed by atoms with Crippen LogP contribution in [0.25, 0.3) is 0 Å². The number of carbonyl (C=O) groups excluding carboxylic acids is 2. The second-order valence-corrected chi connectivity index (χ2v) is 4.60. The van der Waals surface area contributed by atoms with Crippen LogP contribution in [0, 0.1) is 0 Å². The van der Waals surface area contributed by atoms with Gasteiger partial charge in [-0.3, -0.25) is 14.7 Å². The molecule has 0 saturated carbocycles. The second kappa shape index (κ2) is 7.59. The number of rotatable bonds is 6. The average Bonchev–Trinajstić information content (AvgIpc) is 2.46. The number of hydrogen-bond acceptors (Lipinski definition) is 6. The third kappa shape index (κ3) is 4.62. The van der Waals surface area contributed by atoms with Gasteiger partial charge in [-0.05, 0) is 26.0 Å². The van der Waals surface area contributed by atoms with Crippen molar-refractivity contribution in [1.82, 2.24) is 9.88 Å². The van der Waals surface area contributed by atoms with E-state index in [1.54, 1.807) is 12.1 Å². The third-order valence-electron chi connectivity index (χ3n) is 2.90. The van der Waals surface area contributed by atoms with Gasteiger partial charge in [0.25, 0.3) is 0 Å². The van der Waals surface area contributed by atoms with Crippen molar-refractivity contribution in [2.45, 2.75) is 26.4 Å². The third-order valence-corrected chi connectivity index (χ3v) is 2.90. The lowest BCUT2D eigenvalue weighted by Gasteiger charge is -2.24. The van der Waals surface area contributed by atoms with E-state index in [1.807, 2.05) is 18.7 Å². The SMILES string of the molecule is COC(=O)CN(Cc1ccc(C(=O)OC)cn1)C(C)C. The predicted molar refractivity (Wildman–Crippen MR) is 73.1 cm³/mol. The molecule has 0 bridgehead atoms. The quantitative estimate of drug-likeness (QED) is 0.731. The summed E-state index contributed by atoms with van der Waals surface area (Å²) in [7, 11) is 2.69. The van der Waals surface area contributed by atoms with Crippen LogP contribution in [-0.2, 0) is 20.8 Å². The molecule has 0 aliphatic heterocycles. The lowest BCUT2D eigenvalue weighted by molar-refractivity contribution is -0.142. The van der Waals surface area contributed by atoms with Crippen LogP contribution in [0.3, 0.4) is 0 Å². The molecule has 0 radical (unpaired) electrons. The number of pyridine rings is 1. The maximum atomic E-state index is 11.4. The summed E-state index contributed by atoms with van der Waals surface area (Å²) in [5.74, 6) is -0.704. The molecule has 20 heavy (non-hydrogen) atoms. The zero-order valence-electron chi connectivity index (χ0n) is 12.3. The van der Waals surface area contributed by atoms with Crippen molar-refractivity contribution in [3.63, 3.8) is 0 Å². The molecule has 1 aromatic rings. The molecule has 1 aromatic heterocycles. The van der Waals surface area contributed by atoms with E-state index in [2.05, 4.69) is 14.5 Å². The Hall–Kier alpha value is -1.95. The van der Waals surface area contributed by atoms with Crippen LogP contribution in [0.15, 0.2) is 18.3 Å². The van der Waals surface area contributed by atoms with Crippen LogP contribution in [0.5, 0.6) is 0 Å². The van der Waals surface area contributed by atoms with Gasteiger partial charge in [0.05, 0.1) is 32.0 Å². The molecule has 110 valence electrons. The fraction of sp³-hybridized carbons (Fsp3) is 0.500. The van der Waals surface area contributed by atoms with E-state index in [9.17, 15) is 9.59 Å². The van der Waals surface area contributed by atoms with Crippen molar-refractivity contribution in [3.8, 4) is 0 Å². The number of ether oxygens (including phenoxy) is 2. The van der Waals surface area contributed by atoms with Crippen LogP contribution in [0.2, 0.25) is 0 Å². The molecular formula is C14H20N2O4. The Kier molecular flexibility index (Phi) is 6.11. The summed E-state index contributed by atoms with van der Waals surface area (Å²) < 4.78 is 9.28. The molecule has 1 rings (SSSR count). The summed E-state index contributed by atoms with van der Waals surface area (Å²) in [6, 6.07) is 3.58. The average molecular weight is 280 g/mol. The van der Waals surface area contributed by atoms with E-state index in [4.69, 9.17) is 0 Å². The molecule has 6 nitrogen and oxygen atoms in total. The largest absolute Gasteiger partial charge is 0.468 e. The molecule has 0 atom stereocenters. The number of nitrogens with zero attached hydrogens (tertiary/aromatic N) is 2. The highest BCUT2D eigenvalue weighted by molar-refractivity contribution is 5.88. The minimum Gasteiger partial charge on any atom is -0.468 e. The van der Waals surface area contributed by atoms with Gasteiger partial charge in [-0.1, -0.05) is 0 Å². The molecule has 0 aliphatic carbocycles. The Morgan fingerprint density at radius 3 is 2.40 bits per heavy atom. The van der Waals surface area contributed by atoms with Crippen LogP contribution in [0.4, 0.5) is 0 Å². The number of carbonyl (C=O) groups is 2. The van der Waals surface area contributed by atoms with Gasteiger partial charge in [0.1, 0.15) is 0 Å². The van der Waals surface area contributed by atoms with Crippen molar-refractivity contribution >= 4 is 11.9 Å². The molecule has 6 heteroatoms. The second-order valence-electron chi connectivity index (χ2n) is 4.60. The lowest BCUT2D eigenvalue weighted by Crippen LogP contribution is -2.35. The molecule has 0 amide bonds. The Labute approximate surface area is 118 Å². The van der Waals surface area contributed by atoms with Crippen LogP contribution in [-0.4, -0.2) is 48.6 Å². The molecule has 0 aliphatic rings. The van der Waals surface area contributed by atoms with E-state index in [0.29, 0.717) is 12.1 Å². The van der Waals surface area contributed by atoms with Gasteiger partial charge in [-0.15, -0.1) is 0 Å². The normalized spacial score (nSPS) is 10.7. The van der Waals surface area contributed by atoms with Crippen LogP contribution in [0.1, 0.15) is 29.9 Å². The lowest BCUT2D eigenvalue weighted by atomic mass is 10.2. The first-order valence-electron chi connectivity index (χ1n) is 6.32. The van der Waals surface area contributed by atoms with E-state index in [1.165, 1.54) is 20.4 Å². The smallest absolute Gasteiger partial charge is 0.339 e. The minimum absolute atomic E-state index is 0.177. The number of methoxy groups -OCH3 is 2. The van der Waals surface area contributed by atoms with Gasteiger partial charge in [-0.25, -0.2) is 4.79 Å². The summed E-state index contributed by atoms with van der Waals surface area (Å²) in [5, 5.41) is 0. The maximum absolute atomic E-state index is 11.4. The summed E-state index contributed by atoms with van der Waals surface area (Å²) in [4.78, 5) is 28.8. The van der Waals surface area contributed by atoms with E-state index >= 15 is 0 Å². The maximum Gasteiger partial charge on any atom is 0.339 e. The topological polar surface area (TPSA) is 68.7 Å². The van der Waals surface area contributed by atoms with Crippen LogP contribution >= 0.6 is 0 Å². The fourth-order valence-corrected chi connectivity index (χ4v) is 1.62. The molecule has 0 aromatic carbocycles. The first kappa shape index (κ1) is 16.1. The first-order chi connectivity index (χ1) is 9.47. The van der Waals surface area contributed by atoms with Crippen molar-refractivity contribution < 1.29 is 19.1 Å². The molecule has 0 fully saturated rings. The molecule has 1 heterocycles. The Bertz CT molecular complexity index is 457. The number of esters is 2. The summed E-state index contributed by atoms with van der Waals surface area (Å²) in [6.45, 7) is 4.69. The van der Waals surface area contributed by atoms with Crippen molar-refractivity contribution in [3.05, 3.63) is 29.6 Å². The fourth-order valence-electron chi connectivity index (χ4n) is 1.62. The number of hydrogen-bond donors (Lipinski definition) is 0. The molecular weight excluding hydrogens is 260 g/mol. The Morgan fingerprint density at radius 2 is 1.95 bits per heavy atom. The van der Waals surface area contributed by atoms with Crippen molar-refractivity contribution in [1.29, 1.82) is 0 Å². The monoisotopic (exact) mass is 280 g/mol. The van der Waals surface area contributed by atoms with Gasteiger partial charge in [0.2, 0.25) is 0 Å². The zero-order valence-corrected chi connectivity index (χ0v) is 12.3. The first-order valence-corrected chi connectivity index (χ1v) is 6.32. The van der Waals surface area contributed by atoms with E-state index in [-0.39, 0.29) is 18.6 Å². The standard InChI is InChI=1S/C14H20N2O4/c1-10(2)16(9-13(17)19-3)8-12-6-5-11(7-15-12)14(18)20-4/h5-7,10H,8-9H2,1-4H3. The van der Waals surface area contributed by atoms with Gasteiger partial charge in [0.15, 0.2) is 0 Å². The molecule has 0 unspecified atom stereocenters. The van der Waals surface area contributed by atoms with Crippen LogP contribution < -0.4 is 0 Å². The summed E-state index contributed by atoms with van der Waals surface area (Å²) in [5.41, 5.74) is 1.18. The highest BCUT2D eigenvalue weighted by Gasteiger charge is 2.15. The molecule has 0 saturated heterocycles. The summed E-state index contributed by atoms with van der Waals surface area (Å²) in [6.07, 6.45) is 1.47. The summed E-state index contributed by atoms with van der Waals surface area (Å²) >= 11 is 0. The van der Waals surface area contributed by atoms with Gasteiger partial charge < -0.3 is 9.47 Å². The molecule has 0 N–H and O–H groups in total. The van der Waals surface area contributed by atoms with Gasteiger partial charge in [-0.2, -0.15) is 0 Å². The zero-order chi connectivity index (χ0) is 15.1. The minimum atomic E-state index is -0.417. The van der Waals surface area contributed by atoms with E-state index in [0.717, 1.165) is 5.69 Å². The van der Waals surface area contributed by atoms with E-state index < -0.39 is 5.97 Å². The van der Waals surface area contributed by atoms with Gasteiger partial charge >= 0.3 is 11.9 Å². The van der Waals surface area contributed by atoms with Crippen molar-refractivity contribution in [2.24, 2.45) is 0 Å². The highest BCUT2D eigenvalue weighted by atomic mass is 16.5. The predicted octanol–water partition coefficient (Wildman–Crippen LogP) is 1.25. The Balaban J connectivity index is 2.74. The molecule has 0 spiro atoms. The van der Waals surface area contributed by atoms with Gasteiger partial charge in [0, 0.05) is 18.8 Å². The highest BCUT2D eigenvalue weighted by Crippen LogP contribution is 2.08. The van der Waals surface area contributed by atoms with Crippen molar-refractivity contribution in [2.75, 3.05) is 20.8 Å². The Morgan fingerprint density at radius 1 is 1.25 bits per heavy atom.